The number of benzene rings is 1. The van der Waals surface area contributed by atoms with Gasteiger partial charge < -0.3 is 4.90 Å². The van der Waals surface area contributed by atoms with Crippen LogP contribution < -0.4 is 0 Å². The fourth-order valence-corrected chi connectivity index (χ4v) is 5.07. The summed E-state index contributed by atoms with van der Waals surface area (Å²) in [5.41, 5.74) is 0.954. The van der Waals surface area contributed by atoms with Gasteiger partial charge in [-0.05, 0) is 49.7 Å². The number of fused-ring (bicyclic) bond motifs is 1. The van der Waals surface area contributed by atoms with Crippen LogP contribution in [0.15, 0.2) is 46.8 Å². The largest absolute Gasteiger partial charge is 0.309 e. The van der Waals surface area contributed by atoms with E-state index in [1.54, 1.807) is 6.20 Å². The fourth-order valence-electron chi connectivity index (χ4n) is 2.47. The van der Waals surface area contributed by atoms with E-state index in [0.29, 0.717) is 4.83 Å². The van der Waals surface area contributed by atoms with Crippen molar-refractivity contribution >= 4 is 31.6 Å². The van der Waals surface area contributed by atoms with Gasteiger partial charge >= 0.3 is 0 Å². The number of hydrogen-bond donors (Lipinski definition) is 0. The van der Waals surface area contributed by atoms with Crippen LogP contribution in [0.25, 0.3) is 10.2 Å². The highest BCUT2D eigenvalue weighted by molar-refractivity contribution is 7.90. The second-order valence-corrected chi connectivity index (χ2v) is 8.26. The van der Waals surface area contributed by atoms with Gasteiger partial charge in [0, 0.05) is 18.1 Å². The molecular weight excluding hydrogens is 335 g/mol. The topological polar surface area (TPSA) is 42.3 Å². The molecule has 3 aromatic rings. The summed E-state index contributed by atoms with van der Waals surface area (Å²) in [6.45, 7) is 0.814. The lowest BCUT2D eigenvalue weighted by atomic mass is 10.2. The zero-order chi connectivity index (χ0) is 16.6. The summed E-state index contributed by atoms with van der Waals surface area (Å²) in [4.78, 5) is 2.37. The van der Waals surface area contributed by atoms with Crippen LogP contribution in [0.5, 0.6) is 0 Å². The molecule has 23 heavy (non-hydrogen) atoms. The highest BCUT2D eigenvalue weighted by Crippen LogP contribution is 2.31. The summed E-state index contributed by atoms with van der Waals surface area (Å²) in [6, 6.07) is 7.38. The SMILES string of the molecule is CN(C)CCc1cn(S(=O)(=O)c2ccccc2F)c2sccc12. The molecular formula is C16H17FN2O2S2. The molecule has 0 saturated carbocycles. The summed E-state index contributed by atoms with van der Waals surface area (Å²) in [7, 11) is -0.00513. The van der Waals surface area contributed by atoms with Gasteiger partial charge in [-0.3, -0.25) is 0 Å². The maximum absolute atomic E-state index is 14.0. The molecule has 4 nitrogen and oxygen atoms in total. The lowest BCUT2D eigenvalue weighted by Gasteiger charge is -2.08. The van der Waals surface area contributed by atoms with Gasteiger partial charge in [0.1, 0.15) is 15.5 Å². The predicted octanol–water partition coefficient (Wildman–Crippen LogP) is 3.18. The number of thiophene rings is 1. The first kappa shape index (κ1) is 16.2. The second kappa shape index (κ2) is 6.07. The van der Waals surface area contributed by atoms with Crippen molar-refractivity contribution in [2.75, 3.05) is 20.6 Å². The van der Waals surface area contributed by atoms with Crippen molar-refractivity contribution in [1.29, 1.82) is 0 Å². The Morgan fingerprint density at radius 2 is 1.96 bits per heavy atom. The molecule has 0 radical (unpaired) electrons. The lowest BCUT2D eigenvalue weighted by molar-refractivity contribution is 0.414. The molecule has 122 valence electrons. The zero-order valence-corrected chi connectivity index (χ0v) is 14.5. The van der Waals surface area contributed by atoms with Crippen LogP contribution in [0.1, 0.15) is 5.56 Å². The number of hydrogen-bond acceptors (Lipinski definition) is 4. The first-order valence-electron chi connectivity index (χ1n) is 7.13. The van der Waals surface area contributed by atoms with E-state index >= 15 is 0 Å². The van der Waals surface area contributed by atoms with E-state index in [-0.39, 0.29) is 4.90 Å². The summed E-state index contributed by atoms with van der Waals surface area (Å²) in [5, 5.41) is 2.77. The summed E-state index contributed by atoms with van der Waals surface area (Å²) >= 11 is 1.34. The highest BCUT2D eigenvalue weighted by atomic mass is 32.2. The molecule has 2 aromatic heterocycles. The van der Waals surface area contributed by atoms with Gasteiger partial charge in [-0.15, -0.1) is 11.3 Å². The van der Waals surface area contributed by atoms with E-state index in [9.17, 15) is 12.8 Å². The number of likely N-dealkylation sites (N-methyl/N-ethyl adjacent to an activating group) is 1. The average Bonchev–Trinajstić information content (AvgIpc) is 3.07. The van der Waals surface area contributed by atoms with Crippen molar-refractivity contribution in [2.24, 2.45) is 0 Å². The second-order valence-electron chi connectivity index (χ2n) is 5.58. The third-order valence-corrected chi connectivity index (χ3v) is 6.39. The molecule has 1 aromatic carbocycles. The van der Waals surface area contributed by atoms with Gasteiger partial charge in [-0.1, -0.05) is 12.1 Å². The van der Waals surface area contributed by atoms with Crippen LogP contribution in [0.4, 0.5) is 4.39 Å². The van der Waals surface area contributed by atoms with Crippen molar-refractivity contribution < 1.29 is 12.8 Å². The van der Waals surface area contributed by atoms with E-state index < -0.39 is 15.8 Å². The molecule has 0 unspecified atom stereocenters. The van der Waals surface area contributed by atoms with Gasteiger partial charge in [-0.2, -0.15) is 0 Å². The van der Waals surface area contributed by atoms with Crippen LogP contribution in [0, 0.1) is 5.82 Å². The van der Waals surface area contributed by atoms with Crippen molar-refractivity contribution in [3.05, 3.63) is 53.3 Å². The quantitative estimate of drug-likeness (QED) is 0.708. The molecule has 0 bridgehead atoms. The predicted molar refractivity (Wildman–Crippen MR) is 91.1 cm³/mol. The molecule has 0 saturated heterocycles. The van der Waals surface area contributed by atoms with Crippen molar-refractivity contribution in [3.63, 3.8) is 0 Å². The van der Waals surface area contributed by atoms with E-state index in [1.807, 2.05) is 30.4 Å². The lowest BCUT2D eigenvalue weighted by Crippen LogP contribution is -2.15. The number of rotatable bonds is 5. The number of halogens is 1. The molecule has 2 heterocycles. The van der Waals surface area contributed by atoms with Gasteiger partial charge in [0.25, 0.3) is 10.0 Å². The Morgan fingerprint density at radius 3 is 2.65 bits per heavy atom. The minimum Gasteiger partial charge on any atom is -0.309 e. The summed E-state index contributed by atoms with van der Waals surface area (Å²) < 4.78 is 40.8. The molecule has 0 aliphatic heterocycles. The Bertz CT molecular complexity index is 942. The van der Waals surface area contributed by atoms with E-state index in [4.69, 9.17) is 0 Å². The normalized spacial score (nSPS) is 12.3. The molecule has 0 fully saturated rings. The molecule has 3 rings (SSSR count). The van der Waals surface area contributed by atoms with Crippen molar-refractivity contribution in [2.45, 2.75) is 11.3 Å². The maximum atomic E-state index is 14.0. The van der Waals surface area contributed by atoms with Crippen LogP contribution in [0.2, 0.25) is 0 Å². The van der Waals surface area contributed by atoms with Crippen LogP contribution in [-0.4, -0.2) is 37.9 Å². The van der Waals surface area contributed by atoms with Gasteiger partial charge in [0.05, 0.1) is 0 Å². The highest BCUT2D eigenvalue weighted by Gasteiger charge is 2.24. The van der Waals surface area contributed by atoms with Crippen molar-refractivity contribution in [3.8, 4) is 0 Å². The smallest absolute Gasteiger partial charge is 0.271 e. The first-order chi connectivity index (χ1) is 10.9. The Hall–Kier alpha value is -1.70. The Kier molecular flexibility index (Phi) is 4.27. The number of aromatic nitrogens is 1. The Balaban J connectivity index is 2.13. The van der Waals surface area contributed by atoms with E-state index in [1.165, 1.54) is 33.5 Å². The fraction of sp³-hybridized carbons (Fsp3) is 0.250. The summed E-state index contributed by atoms with van der Waals surface area (Å²) in [6.07, 6.45) is 2.35. The van der Waals surface area contributed by atoms with E-state index in [2.05, 4.69) is 0 Å². The standard InChI is InChI=1S/C16H17FN2O2S2/c1-18(2)9-7-12-11-19(16-13(12)8-10-22-16)23(20,21)15-6-4-3-5-14(15)17/h3-6,8,10-11H,7,9H2,1-2H3. The molecule has 0 N–H and O–H groups in total. The van der Waals surface area contributed by atoms with E-state index in [0.717, 1.165) is 30.0 Å². The minimum absolute atomic E-state index is 0.301. The molecule has 0 aliphatic rings. The maximum Gasteiger partial charge on any atom is 0.271 e. The number of nitrogens with zero attached hydrogens (tertiary/aromatic N) is 2. The molecule has 7 heteroatoms. The monoisotopic (exact) mass is 352 g/mol. The third-order valence-electron chi connectivity index (χ3n) is 3.67. The van der Waals surface area contributed by atoms with Crippen LogP contribution in [-0.2, 0) is 16.4 Å². The van der Waals surface area contributed by atoms with Gasteiger partial charge in [0.15, 0.2) is 0 Å². The molecule has 0 spiro atoms. The van der Waals surface area contributed by atoms with Crippen LogP contribution >= 0.6 is 11.3 Å². The first-order valence-corrected chi connectivity index (χ1v) is 9.45. The Morgan fingerprint density at radius 1 is 1.22 bits per heavy atom. The molecule has 0 atom stereocenters. The average molecular weight is 352 g/mol. The van der Waals surface area contributed by atoms with Gasteiger partial charge in [0.2, 0.25) is 0 Å². The zero-order valence-electron chi connectivity index (χ0n) is 12.9. The third kappa shape index (κ3) is 2.91. The molecule has 0 amide bonds. The van der Waals surface area contributed by atoms with Crippen LogP contribution in [0.3, 0.4) is 0 Å². The molecule has 0 aliphatic carbocycles. The summed E-state index contributed by atoms with van der Waals surface area (Å²) in [5.74, 6) is -0.735. The van der Waals surface area contributed by atoms with Gasteiger partial charge in [-0.25, -0.2) is 16.8 Å². The minimum atomic E-state index is -3.95. The van der Waals surface area contributed by atoms with Crippen molar-refractivity contribution in [1.82, 2.24) is 8.87 Å². The Labute approximate surface area is 138 Å².